The molecule has 2 rings (SSSR count). The molecule has 3 N–H and O–H groups in total. The van der Waals surface area contributed by atoms with E-state index in [9.17, 15) is 8.42 Å². The molecule has 1 aromatic rings. The molecule has 0 saturated heterocycles. The zero-order valence-electron chi connectivity index (χ0n) is 12.9. The van der Waals surface area contributed by atoms with Crippen LogP contribution in [-0.4, -0.2) is 14.5 Å². The minimum absolute atomic E-state index is 0.0147. The molecule has 4 nitrogen and oxygen atoms in total. The SMILES string of the molecule is CC1CCC(NS(=O)(=O)Cc2ccccc2CN)CC1C. The summed E-state index contributed by atoms with van der Waals surface area (Å²) in [4.78, 5) is 0. The molecule has 0 amide bonds. The van der Waals surface area contributed by atoms with Gasteiger partial charge in [0.25, 0.3) is 0 Å². The predicted molar refractivity (Wildman–Crippen MR) is 86.1 cm³/mol. The topological polar surface area (TPSA) is 72.2 Å². The highest BCUT2D eigenvalue weighted by Gasteiger charge is 2.27. The molecule has 0 radical (unpaired) electrons. The van der Waals surface area contributed by atoms with Crippen molar-refractivity contribution in [2.45, 2.75) is 51.4 Å². The van der Waals surface area contributed by atoms with Crippen molar-refractivity contribution in [2.24, 2.45) is 17.6 Å². The summed E-state index contributed by atoms with van der Waals surface area (Å²) in [7, 11) is -3.31. The van der Waals surface area contributed by atoms with Gasteiger partial charge >= 0.3 is 0 Å². The molecule has 1 saturated carbocycles. The van der Waals surface area contributed by atoms with Crippen LogP contribution >= 0.6 is 0 Å². The van der Waals surface area contributed by atoms with Crippen molar-refractivity contribution in [2.75, 3.05) is 0 Å². The van der Waals surface area contributed by atoms with E-state index in [1.807, 2.05) is 24.3 Å². The molecular weight excluding hydrogens is 284 g/mol. The minimum Gasteiger partial charge on any atom is -0.326 e. The molecule has 1 aromatic carbocycles. The van der Waals surface area contributed by atoms with Crippen LogP contribution in [-0.2, 0) is 22.3 Å². The second kappa shape index (κ2) is 6.90. The van der Waals surface area contributed by atoms with E-state index in [1.165, 1.54) is 0 Å². The third-order valence-electron chi connectivity index (χ3n) is 4.63. The van der Waals surface area contributed by atoms with E-state index in [1.54, 1.807) is 0 Å². The maximum absolute atomic E-state index is 12.4. The van der Waals surface area contributed by atoms with Gasteiger partial charge in [-0.1, -0.05) is 38.1 Å². The summed E-state index contributed by atoms with van der Waals surface area (Å²) in [5.41, 5.74) is 7.36. The molecule has 0 spiro atoms. The van der Waals surface area contributed by atoms with Gasteiger partial charge in [-0.05, 0) is 42.2 Å². The normalized spacial score (nSPS) is 26.7. The molecule has 118 valence electrons. The first-order valence-corrected chi connectivity index (χ1v) is 9.33. The number of sulfonamides is 1. The third kappa shape index (κ3) is 4.53. The summed E-state index contributed by atoms with van der Waals surface area (Å²) < 4.78 is 27.6. The lowest BCUT2D eigenvalue weighted by Crippen LogP contribution is -2.40. The minimum atomic E-state index is -3.31. The summed E-state index contributed by atoms with van der Waals surface area (Å²) in [5.74, 6) is 1.27. The Hall–Kier alpha value is -0.910. The van der Waals surface area contributed by atoms with Gasteiger partial charge in [-0.15, -0.1) is 0 Å². The van der Waals surface area contributed by atoms with Crippen LogP contribution in [0.4, 0.5) is 0 Å². The molecule has 0 aliphatic heterocycles. The van der Waals surface area contributed by atoms with Crippen molar-refractivity contribution in [3.63, 3.8) is 0 Å². The van der Waals surface area contributed by atoms with E-state index in [0.29, 0.717) is 18.4 Å². The second-order valence-corrected chi connectivity index (χ2v) is 8.07. The van der Waals surface area contributed by atoms with Crippen LogP contribution in [0.5, 0.6) is 0 Å². The van der Waals surface area contributed by atoms with E-state index >= 15 is 0 Å². The molecule has 3 unspecified atom stereocenters. The highest BCUT2D eigenvalue weighted by Crippen LogP contribution is 2.29. The summed E-state index contributed by atoms with van der Waals surface area (Å²) in [6.07, 6.45) is 2.95. The molecule has 3 atom stereocenters. The molecule has 0 bridgehead atoms. The highest BCUT2D eigenvalue weighted by atomic mass is 32.2. The Labute approximate surface area is 128 Å². The average molecular weight is 310 g/mol. The first-order chi connectivity index (χ1) is 9.91. The second-order valence-electron chi connectivity index (χ2n) is 6.31. The first kappa shape index (κ1) is 16.5. The molecule has 1 aliphatic rings. The molecule has 21 heavy (non-hydrogen) atoms. The molecular formula is C16H26N2O2S. The van der Waals surface area contributed by atoms with Crippen LogP contribution in [0.25, 0.3) is 0 Å². The van der Waals surface area contributed by atoms with E-state index in [-0.39, 0.29) is 11.8 Å². The maximum Gasteiger partial charge on any atom is 0.216 e. The van der Waals surface area contributed by atoms with Gasteiger partial charge in [0.15, 0.2) is 0 Å². The fourth-order valence-corrected chi connectivity index (χ4v) is 4.55. The first-order valence-electron chi connectivity index (χ1n) is 7.68. The Morgan fingerprint density at radius 1 is 1.14 bits per heavy atom. The third-order valence-corrected chi connectivity index (χ3v) is 6.01. The van der Waals surface area contributed by atoms with Crippen LogP contribution in [0.3, 0.4) is 0 Å². The van der Waals surface area contributed by atoms with E-state index in [2.05, 4.69) is 18.6 Å². The van der Waals surface area contributed by atoms with Gasteiger partial charge in [-0.3, -0.25) is 0 Å². The Bertz CT molecular complexity index is 571. The van der Waals surface area contributed by atoms with Crippen LogP contribution < -0.4 is 10.5 Å². The zero-order valence-corrected chi connectivity index (χ0v) is 13.7. The molecule has 5 heteroatoms. The lowest BCUT2D eigenvalue weighted by molar-refractivity contribution is 0.242. The van der Waals surface area contributed by atoms with Crippen molar-refractivity contribution >= 4 is 10.0 Å². The largest absolute Gasteiger partial charge is 0.326 e. The van der Waals surface area contributed by atoms with Crippen molar-refractivity contribution in [1.29, 1.82) is 0 Å². The standard InChI is InChI=1S/C16H26N2O2S/c1-12-7-8-16(9-13(12)2)18-21(19,20)11-15-6-4-3-5-14(15)10-17/h3-6,12-13,16,18H,7-11,17H2,1-2H3. The van der Waals surface area contributed by atoms with Gasteiger partial charge in [0.1, 0.15) is 0 Å². The van der Waals surface area contributed by atoms with E-state index in [0.717, 1.165) is 30.4 Å². The zero-order chi connectivity index (χ0) is 15.5. The lowest BCUT2D eigenvalue weighted by atomic mass is 9.79. The lowest BCUT2D eigenvalue weighted by Gasteiger charge is -2.32. The van der Waals surface area contributed by atoms with Crippen molar-refractivity contribution in [3.05, 3.63) is 35.4 Å². The number of hydrogen-bond donors (Lipinski definition) is 2. The maximum atomic E-state index is 12.4. The van der Waals surface area contributed by atoms with Gasteiger partial charge in [-0.25, -0.2) is 13.1 Å². The van der Waals surface area contributed by atoms with Crippen LogP contribution in [0.2, 0.25) is 0 Å². The van der Waals surface area contributed by atoms with Crippen LogP contribution in [0.15, 0.2) is 24.3 Å². The summed E-state index contributed by atoms with van der Waals surface area (Å²) in [6, 6.07) is 7.54. The summed E-state index contributed by atoms with van der Waals surface area (Å²) in [6.45, 7) is 4.81. The summed E-state index contributed by atoms with van der Waals surface area (Å²) >= 11 is 0. The van der Waals surface area contributed by atoms with Gasteiger partial charge in [-0.2, -0.15) is 0 Å². The van der Waals surface area contributed by atoms with Gasteiger partial charge < -0.3 is 5.73 Å². The average Bonchev–Trinajstić information content (AvgIpc) is 2.43. The number of hydrogen-bond acceptors (Lipinski definition) is 3. The Morgan fingerprint density at radius 2 is 1.81 bits per heavy atom. The van der Waals surface area contributed by atoms with Crippen LogP contribution in [0, 0.1) is 11.8 Å². The Kier molecular flexibility index (Phi) is 5.41. The number of rotatable bonds is 5. The van der Waals surface area contributed by atoms with Crippen molar-refractivity contribution in [3.8, 4) is 0 Å². The summed E-state index contributed by atoms with van der Waals surface area (Å²) in [5, 5.41) is 0. The molecule has 0 heterocycles. The quantitative estimate of drug-likeness (QED) is 0.877. The Morgan fingerprint density at radius 3 is 2.43 bits per heavy atom. The van der Waals surface area contributed by atoms with E-state index < -0.39 is 10.0 Å². The number of nitrogens with one attached hydrogen (secondary N) is 1. The van der Waals surface area contributed by atoms with Gasteiger partial charge in [0, 0.05) is 12.6 Å². The fraction of sp³-hybridized carbons (Fsp3) is 0.625. The van der Waals surface area contributed by atoms with E-state index in [4.69, 9.17) is 5.73 Å². The van der Waals surface area contributed by atoms with Gasteiger partial charge in [0.2, 0.25) is 10.0 Å². The van der Waals surface area contributed by atoms with Crippen LogP contribution in [0.1, 0.15) is 44.2 Å². The highest BCUT2D eigenvalue weighted by molar-refractivity contribution is 7.88. The molecule has 0 aromatic heterocycles. The number of nitrogens with two attached hydrogens (primary N) is 1. The number of benzene rings is 1. The Balaban J connectivity index is 2.02. The molecule has 1 aliphatic carbocycles. The van der Waals surface area contributed by atoms with Crippen molar-refractivity contribution in [1.82, 2.24) is 4.72 Å². The fourth-order valence-electron chi connectivity index (χ4n) is 3.05. The van der Waals surface area contributed by atoms with Crippen molar-refractivity contribution < 1.29 is 8.42 Å². The van der Waals surface area contributed by atoms with Gasteiger partial charge in [0.05, 0.1) is 5.75 Å². The molecule has 1 fully saturated rings. The smallest absolute Gasteiger partial charge is 0.216 e. The monoisotopic (exact) mass is 310 g/mol. The predicted octanol–water partition coefficient (Wildman–Crippen LogP) is 2.39.